The lowest BCUT2D eigenvalue weighted by atomic mass is 10.1. The number of rotatable bonds is 5. The van der Waals surface area contributed by atoms with Gasteiger partial charge in [0, 0.05) is 18.2 Å². The van der Waals surface area contributed by atoms with E-state index in [1.54, 1.807) is 35.6 Å². The first-order chi connectivity index (χ1) is 10.1. The molecule has 2 N–H and O–H groups in total. The standard InChI is InChI=1S/C16H15NO3S/c1-11-9-21-10-14(11)8-17-16(20)13-4-2-3-12(7-13)5-6-15(18)19/h2-7,9-10H,8H2,1H3,(H,17,20)(H,18,19)/b6-5+. The summed E-state index contributed by atoms with van der Waals surface area (Å²) in [6.45, 7) is 2.50. The Bertz CT molecular complexity index is 688. The summed E-state index contributed by atoms with van der Waals surface area (Å²) in [5, 5.41) is 15.5. The molecule has 1 amide bonds. The molecule has 1 aromatic heterocycles. The Labute approximate surface area is 126 Å². The third-order valence-corrected chi connectivity index (χ3v) is 3.88. The molecule has 0 fully saturated rings. The molecule has 0 saturated carbocycles. The van der Waals surface area contributed by atoms with Crippen LogP contribution in [0.4, 0.5) is 0 Å². The minimum absolute atomic E-state index is 0.175. The zero-order valence-electron chi connectivity index (χ0n) is 11.5. The molecule has 1 aromatic carbocycles. The lowest BCUT2D eigenvalue weighted by Crippen LogP contribution is -2.22. The van der Waals surface area contributed by atoms with E-state index in [9.17, 15) is 9.59 Å². The number of aliphatic carboxylic acids is 1. The second-order valence-corrected chi connectivity index (χ2v) is 5.30. The van der Waals surface area contributed by atoms with Crippen molar-refractivity contribution in [3.05, 3.63) is 63.4 Å². The van der Waals surface area contributed by atoms with Crippen LogP contribution in [0.2, 0.25) is 0 Å². The number of carbonyl (C=O) groups is 2. The van der Waals surface area contributed by atoms with Gasteiger partial charge in [-0.15, -0.1) is 0 Å². The number of nitrogens with one attached hydrogen (secondary N) is 1. The van der Waals surface area contributed by atoms with Gasteiger partial charge >= 0.3 is 5.97 Å². The van der Waals surface area contributed by atoms with E-state index < -0.39 is 5.97 Å². The minimum atomic E-state index is -1.02. The lowest BCUT2D eigenvalue weighted by Gasteiger charge is -2.05. The average molecular weight is 301 g/mol. The third-order valence-electron chi connectivity index (χ3n) is 2.97. The van der Waals surface area contributed by atoms with Crippen molar-refractivity contribution in [1.82, 2.24) is 5.32 Å². The van der Waals surface area contributed by atoms with Crippen LogP contribution in [-0.4, -0.2) is 17.0 Å². The van der Waals surface area contributed by atoms with Crippen molar-refractivity contribution in [3.63, 3.8) is 0 Å². The maximum atomic E-state index is 12.1. The van der Waals surface area contributed by atoms with Crippen LogP contribution in [0.1, 0.15) is 27.0 Å². The molecule has 0 atom stereocenters. The van der Waals surface area contributed by atoms with Gasteiger partial charge in [-0.1, -0.05) is 12.1 Å². The first-order valence-corrected chi connectivity index (χ1v) is 7.31. The summed E-state index contributed by atoms with van der Waals surface area (Å²) < 4.78 is 0. The average Bonchev–Trinajstić information content (AvgIpc) is 2.88. The van der Waals surface area contributed by atoms with Crippen LogP contribution in [0.3, 0.4) is 0 Å². The van der Waals surface area contributed by atoms with Crippen molar-refractivity contribution in [1.29, 1.82) is 0 Å². The fourth-order valence-electron chi connectivity index (χ4n) is 1.80. The molecule has 4 nitrogen and oxygen atoms in total. The first kappa shape index (κ1) is 15.0. The van der Waals surface area contributed by atoms with Gasteiger partial charge in [0.25, 0.3) is 5.91 Å². The van der Waals surface area contributed by atoms with Gasteiger partial charge in [-0.25, -0.2) is 4.79 Å². The van der Waals surface area contributed by atoms with Crippen molar-refractivity contribution in [2.24, 2.45) is 0 Å². The number of amides is 1. The highest BCUT2D eigenvalue weighted by atomic mass is 32.1. The van der Waals surface area contributed by atoms with E-state index in [0.29, 0.717) is 17.7 Å². The zero-order chi connectivity index (χ0) is 15.2. The number of thiophene rings is 1. The van der Waals surface area contributed by atoms with E-state index in [-0.39, 0.29) is 5.91 Å². The fraction of sp³-hybridized carbons (Fsp3) is 0.125. The molecule has 0 aliphatic rings. The van der Waals surface area contributed by atoms with Crippen LogP contribution >= 0.6 is 11.3 Å². The highest BCUT2D eigenvalue weighted by Crippen LogP contribution is 2.13. The highest BCUT2D eigenvalue weighted by Gasteiger charge is 2.07. The van der Waals surface area contributed by atoms with Crippen molar-refractivity contribution >= 4 is 29.3 Å². The van der Waals surface area contributed by atoms with Crippen LogP contribution in [0.5, 0.6) is 0 Å². The Balaban J connectivity index is 2.04. The molecular formula is C16H15NO3S. The summed E-state index contributed by atoms with van der Waals surface area (Å²) in [6, 6.07) is 6.84. The van der Waals surface area contributed by atoms with Crippen molar-refractivity contribution in [3.8, 4) is 0 Å². The van der Waals surface area contributed by atoms with Gasteiger partial charge in [-0.05, 0) is 52.6 Å². The van der Waals surface area contributed by atoms with Gasteiger partial charge in [0.1, 0.15) is 0 Å². The number of carbonyl (C=O) groups excluding carboxylic acids is 1. The Kier molecular flexibility index (Phi) is 4.90. The number of aryl methyl sites for hydroxylation is 1. The van der Waals surface area contributed by atoms with E-state index in [2.05, 4.69) is 5.32 Å². The molecule has 21 heavy (non-hydrogen) atoms. The number of carboxylic acid groups (broad SMARTS) is 1. The second-order valence-electron chi connectivity index (χ2n) is 4.56. The summed E-state index contributed by atoms with van der Waals surface area (Å²) in [5.41, 5.74) is 3.46. The number of carboxylic acids is 1. The van der Waals surface area contributed by atoms with Gasteiger partial charge in [0.15, 0.2) is 0 Å². The minimum Gasteiger partial charge on any atom is -0.478 e. The smallest absolute Gasteiger partial charge is 0.328 e. The predicted octanol–water partition coefficient (Wildman–Crippen LogP) is 3.08. The maximum Gasteiger partial charge on any atom is 0.328 e. The molecule has 0 unspecified atom stereocenters. The van der Waals surface area contributed by atoms with Gasteiger partial charge in [-0.3, -0.25) is 4.79 Å². The molecular weight excluding hydrogens is 286 g/mol. The van der Waals surface area contributed by atoms with Crippen molar-refractivity contribution < 1.29 is 14.7 Å². The van der Waals surface area contributed by atoms with Crippen LogP contribution in [0, 0.1) is 6.92 Å². The summed E-state index contributed by atoms with van der Waals surface area (Å²) in [7, 11) is 0. The number of hydrogen-bond donors (Lipinski definition) is 2. The monoisotopic (exact) mass is 301 g/mol. The molecule has 0 aliphatic carbocycles. The number of benzene rings is 1. The van der Waals surface area contributed by atoms with E-state index in [1.807, 2.05) is 17.7 Å². The van der Waals surface area contributed by atoms with Gasteiger partial charge in [0.2, 0.25) is 0 Å². The Morgan fingerprint density at radius 3 is 2.81 bits per heavy atom. The Morgan fingerprint density at radius 1 is 1.33 bits per heavy atom. The predicted molar refractivity (Wildman–Crippen MR) is 83.3 cm³/mol. The number of hydrogen-bond acceptors (Lipinski definition) is 3. The summed E-state index contributed by atoms with van der Waals surface area (Å²) >= 11 is 1.61. The molecule has 5 heteroatoms. The molecule has 0 radical (unpaired) electrons. The normalized spacial score (nSPS) is 10.7. The lowest BCUT2D eigenvalue weighted by molar-refractivity contribution is -0.131. The zero-order valence-corrected chi connectivity index (χ0v) is 12.3. The third kappa shape index (κ3) is 4.29. The van der Waals surface area contributed by atoms with Crippen LogP contribution < -0.4 is 5.32 Å². The highest BCUT2D eigenvalue weighted by molar-refractivity contribution is 7.08. The van der Waals surface area contributed by atoms with Crippen LogP contribution in [0.25, 0.3) is 6.08 Å². The Hall–Kier alpha value is -2.40. The SMILES string of the molecule is Cc1cscc1CNC(=O)c1cccc(/C=C/C(=O)O)c1. The van der Waals surface area contributed by atoms with Gasteiger partial charge < -0.3 is 10.4 Å². The summed E-state index contributed by atoms with van der Waals surface area (Å²) in [6.07, 6.45) is 2.51. The molecule has 0 spiro atoms. The van der Waals surface area contributed by atoms with Gasteiger partial charge in [-0.2, -0.15) is 11.3 Å². The topological polar surface area (TPSA) is 66.4 Å². The van der Waals surface area contributed by atoms with Crippen molar-refractivity contribution in [2.75, 3.05) is 0 Å². The molecule has 1 heterocycles. The summed E-state index contributed by atoms with van der Waals surface area (Å²) in [5.74, 6) is -1.19. The fourth-order valence-corrected chi connectivity index (χ4v) is 2.65. The largest absolute Gasteiger partial charge is 0.478 e. The molecule has 2 rings (SSSR count). The van der Waals surface area contributed by atoms with Crippen LogP contribution in [-0.2, 0) is 11.3 Å². The van der Waals surface area contributed by atoms with E-state index in [1.165, 1.54) is 11.6 Å². The van der Waals surface area contributed by atoms with E-state index in [4.69, 9.17) is 5.11 Å². The van der Waals surface area contributed by atoms with Crippen molar-refractivity contribution in [2.45, 2.75) is 13.5 Å². The molecule has 108 valence electrons. The molecule has 0 saturated heterocycles. The quantitative estimate of drug-likeness (QED) is 0.834. The van der Waals surface area contributed by atoms with Gasteiger partial charge in [0.05, 0.1) is 0 Å². The molecule has 0 bridgehead atoms. The summed E-state index contributed by atoms with van der Waals surface area (Å²) in [4.78, 5) is 22.6. The van der Waals surface area contributed by atoms with E-state index in [0.717, 1.165) is 11.6 Å². The molecule has 0 aliphatic heterocycles. The maximum absolute atomic E-state index is 12.1. The second kappa shape index (κ2) is 6.85. The first-order valence-electron chi connectivity index (χ1n) is 6.37. The Morgan fingerprint density at radius 2 is 2.14 bits per heavy atom. The van der Waals surface area contributed by atoms with Crippen LogP contribution in [0.15, 0.2) is 41.1 Å². The van der Waals surface area contributed by atoms with E-state index >= 15 is 0 Å². The molecule has 2 aromatic rings.